The van der Waals surface area contributed by atoms with E-state index < -0.39 is 11.7 Å². The Kier molecular flexibility index (Phi) is 7.61. The van der Waals surface area contributed by atoms with E-state index in [2.05, 4.69) is 4.90 Å². The highest BCUT2D eigenvalue weighted by Gasteiger charge is 2.20. The van der Waals surface area contributed by atoms with Gasteiger partial charge in [0.15, 0.2) is 0 Å². The first-order valence-corrected chi connectivity index (χ1v) is 8.23. The van der Waals surface area contributed by atoms with Crippen LogP contribution in [0.25, 0.3) is 0 Å². The van der Waals surface area contributed by atoms with Gasteiger partial charge in [0.25, 0.3) is 0 Å². The number of likely N-dealkylation sites (N-methyl/N-ethyl adjacent to an activating group) is 2. The number of rotatable bonds is 5. The smallest absolute Gasteiger partial charge is 0.410 e. The minimum Gasteiger partial charge on any atom is -0.444 e. The quantitative estimate of drug-likeness (QED) is 0.775. The molecule has 1 aliphatic heterocycles. The minimum atomic E-state index is -0.523. The molecule has 0 bridgehead atoms. The van der Waals surface area contributed by atoms with Crippen molar-refractivity contribution in [3.05, 3.63) is 0 Å². The van der Waals surface area contributed by atoms with Gasteiger partial charge in [-0.15, -0.1) is 0 Å². The molecule has 0 aromatic heterocycles. The molecule has 0 spiro atoms. The van der Waals surface area contributed by atoms with E-state index in [1.165, 1.54) is 16.2 Å². The van der Waals surface area contributed by atoms with Crippen molar-refractivity contribution in [3.8, 4) is 0 Å². The SMILES string of the molecule is CN(CCN(C)C(=O)OC(C)(C)C)C(=O)OCN1CCCCC1. The Hall–Kier alpha value is -1.50. The maximum Gasteiger partial charge on any atom is 0.410 e. The average Bonchev–Trinajstić information content (AvgIpc) is 2.49. The van der Waals surface area contributed by atoms with E-state index in [0.29, 0.717) is 19.8 Å². The van der Waals surface area contributed by atoms with Crippen LogP contribution in [-0.2, 0) is 9.47 Å². The summed E-state index contributed by atoms with van der Waals surface area (Å²) in [5.74, 6) is 0. The fourth-order valence-corrected chi connectivity index (χ4v) is 2.17. The topological polar surface area (TPSA) is 62.3 Å². The second-order valence-electron chi connectivity index (χ2n) is 7.04. The Morgan fingerprint density at radius 1 is 0.957 bits per heavy atom. The van der Waals surface area contributed by atoms with Gasteiger partial charge in [0.1, 0.15) is 12.3 Å². The molecule has 0 radical (unpaired) electrons. The molecule has 7 heteroatoms. The Morgan fingerprint density at radius 2 is 1.48 bits per heavy atom. The van der Waals surface area contributed by atoms with Crippen LogP contribution in [0.15, 0.2) is 0 Å². The number of hydrogen-bond acceptors (Lipinski definition) is 5. The van der Waals surface area contributed by atoms with E-state index >= 15 is 0 Å². The first kappa shape index (κ1) is 19.5. The number of amides is 2. The lowest BCUT2D eigenvalue weighted by Gasteiger charge is -2.28. The van der Waals surface area contributed by atoms with E-state index in [4.69, 9.17) is 9.47 Å². The summed E-state index contributed by atoms with van der Waals surface area (Å²) >= 11 is 0. The van der Waals surface area contributed by atoms with Crippen molar-refractivity contribution in [1.29, 1.82) is 0 Å². The molecule has 0 atom stereocenters. The number of ether oxygens (including phenoxy) is 2. The van der Waals surface area contributed by atoms with Gasteiger partial charge < -0.3 is 19.3 Å². The summed E-state index contributed by atoms with van der Waals surface area (Å²) in [4.78, 5) is 28.9. The van der Waals surface area contributed by atoms with E-state index in [9.17, 15) is 9.59 Å². The highest BCUT2D eigenvalue weighted by atomic mass is 16.6. The van der Waals surface area contributed by atoms with Crippen molar-refractivity contribution >= 4 is 12.2 Å². The van der Waals surface area contributed by atoms with Gasteiger partial charge in [-0.1, -0.05) is 6.42 Å². The van der Waals surface area contributed by atoms with Gasteiger partial charge in [-0.3, -0.25) is 4.90 Å². The highest BCUT2D eigenvalue weighted by Crippen LogP contribution is 2.10. The number of piperidine rings is 1. The van der Waals surface area contributed by atoms with Gasteiger partial charge in [0.2, 0.25) is 0 Å². The molecule has 0 aromatic carbocycles. The molecule has 0 saturated carbocycles. The first-order chi connectivity index (χ1) is 10.7. The number of hydrogen-bond donors (Lipinski definition) is 0. The van der Waals surface area contributed by atoms with Crippen molar-refractivity contribution in [2.45, 2.75) is 45.6 Å². The molecule has 134 valence electrons. The molecular weight excluding hydrogens is 298 g/mol. The van der Waals surface area contributed by atoms with Crippen molar-refractivity contribution in [3.63, 3.8) is 0 Å². The summed E-state index contributed by atoms with van der Waals surface area (Å²) in [6.07, 6.45) is 2.81. The third-order valence-electron chi connectivity index (χ3n) is 3.61. The summed E-state index contributed by atoms with van der Waals surface area (Å²) in [5.41, 5.74) is -0.523. The van der Waals surface area contributed by atoms with Gasteiger partial charge >= 0.3 is 12.2 Å². The van der Waals surface area contributed by atoms with E-state index in [0.717, 1.165) is 25.9 Å². The Balaban J connectivity index is 2.24. The fraction of sp³-hybridized carbons (Fsp3) is 0.875. The fourth-order valence-electron chi connectivity index (χ4n) is 2.17. The van der Waals surface area contributed by atoms with Crippen molar-refractivity contribution in [1.82, 2.24) is 14.7 Å². The maximum absolute atomic E-state index is 11.9. The molecule has 23 heavy (non-hydrogen) atoms. The van der Waals surface area contributed by atoms with E-state index in [1.807, 2.05) is 20.8 Å². The van der Waals surface area contributed by atoms with E-state index in [1.54, 1.807) is 14.1 Å². The molecule has 0 aromatic rings. The zero-order valence-electron chi connectivity index (χ0n) is 15.1. The van der Waals surface area contributed by atoms with Crippen LogP contribution in [-0.4, -0.2) is 79.5 Å². The molecule has 0 unspecified atom stereocenters. The summed E-state index contributed by atoms with van der Waals surface area (Å²) in [7, 11) is 3.32. The van der Waals surface area contributed by atoms with Crippen LogP contribution in [0.5, 0.6) is 0 Å². The third kappa shape index (κ3) is 8.06. The largest absolute Gasteiger partial charge is 0.444 e. The van der Waals surface area contributed by atoms with E-state index in [-0.39, 0.29) is 6.09 Å². The second kappa shape index (κ2) is 8.96. The molecule has 7 nitrogen and oxygen atoms in total. The lowest BCUT2D eigenvalue weighted by Crippen LogP contribution is -2.41. The van der Waals surface area contributed by atoms with Crippen LogP contribution in [0.4, 0.5) is 9.59 Å². The minimum absolute atomic E-state index is 0.338. The number of carbonyl (C=O) groups excluding carboxylic acids is 2. The molecule has 0 aliphatic carbocycles. The Morgan fingerprint density at radius 3 is 2.00 bits per heavy atom. The van der Waals surface area contributed by atoms with Crippen LogP contribution in [0, 0.1) is 0 Å². The standard InChI is InChI=1S/C16H31N3O4/c1-16(2,3)23-15(21)18(5)12-11-17(4)14(20)22-13-19-9-7-6-8-10-19/h6-13H2,1-5H3. The summed E-state index contributed by atoms with van der Waals surface area (Å²) in [6, 6.07) is 0. The number of nitrogens with zero attached hydrogens (tertiary/aromatic N) is 3. The lowest BCUT2D eigenvalue weighted by atomic mass is 10.1. The third-order valence-corrected chi connectivity index (χ3v) is 3.61. The molecular formula is C16H31N3O4. The van der Waals surface area contributed by atoms with Gasteiger partial charge in [-0.25, -0.2) is 9.59 Å². The molecule has 2 amide bonds. The zero-order valence-corrected chi connectivity index (χ0v) is 15.1. The first-order valence-electron chi connectivity index (χ1n) is 8.23. The van der Waals surface area contributed by atoms with Gasteiger partial charge in [-0.2, -0.15) is 0 Å². The number of likely N-dealkylation sites (tertiary alicyclic amines) is 1. The normalized spacial score (nSPS) is 15.9. The maximum atomic E-state index is 11.9. The highest BCUT2D eigenvalue weighted by molar-refractivity contribution is 5.68. The lowest BCUT2D eigenvalue weighted by molar-refractivity contribution is 0.0247. The van der Waals surface area contributed by atoms with Gasteiger partial charge in [0, 0.05) is 40.3 Å². The van der Waals surface area contributed by atoms with Crippen LogP contribution >= 0.6 is 0 Å². The van der Waals surface area contributed by atoms with Crippen LogP contribution in [0.2, 0.25) is 0 Å². The van der Waals surface area contributed by atoms with Crippen LogP contribution < -0.4 is 0 Å². The Labute approximate surface area is 139 Å². The summed E-state index contributed by atoms with van der Waals surface area (Å²) < 4.78 is 10.6. The summed E-state index contributed by atoms with van der Waals surface area (Å²) in [5, 5.41) is 0. The number of carbonyl (C=O) groups is 2. The van der Waals surface area contributed by atoms with Gasteiger partial charge in [-0.05, 0) is 33.6 Å². The predicted octanol–water partition coefficient (Wildman–Crippen LogP) is 2.37. The van der Waals surface area contributed by atoms with Crippen molar-refractivity contribution in [2.75, 3.05) is 47.0 Å². The predicted molar refractivity (Wildman–Crippen MR) is 88.3 cm³/mol. The zero-order chi connectivity index (χ0) is 17.5. The molecule has 1 heterocycles. The molecule has 1 saturated heterocycles. The van der Waals surface area contributed by atoms with Gasteiger partial charge in [0.05, 0.1) is 0 Å². The average molecular weight is 329 g/mol. The Bertz CT molecular complexity index is 389. The van der Waals surface area contributed by atoms with Crippen LogP contribution in [0.1, 0.15) is 40.0 Å². The molecule has 0 N–H and O–H groups in total. The molecule has 1 aliphatic rings. The summed E-state index contributed by atoms with van der Waals surface area (Å²) in [6.45, 7) is 8.56. The van der Waals surface area contributed by atoms with Crippen molar-refractivity contribution < 1.29 is 19.1 Å². The monoisotopic (exact) mass is 329 g/mol. The van der Waals surface area contributed by atoms with Crippen molar-refractivity contribution in [2.24, 2.45) is 0 Å². The second-order valence-corrected chi connectivity index (χ2v) is 7.04. The molecule has 1 rings (SSSR count). The van der Waals surface area contributed by atoms with Crippen LogP contribution in [0.3, 0.4) is 0 Å². The molecule has 1 fully saturated rings.